The predicted octanol–water partition coefficient (Wildman–Crippen LogP) is 4.15. The summed E-state index contributed by atoms with van der Waals surface area (Å²) < 4.78 is 31.5. The monoisotopic (exact) mass is 375 g/mol. The molecule has 0 spiro atoms. The van der Waals surface area contributed by atoms with Gasteiger partial charge in [-0.2, -0.15) is 0 Å². The zero-order valence-electron chi connectivity index (χ0n) is 13.8. The molecule has 0 aliphatic carbocycles. The van der Waals surface area contributed by atoms with Crippen molar-refractivity contribution in [2.75, 3.05) is 24.3 Å². The van der Waals surface area contributed by atoms with Crippen molar-refractivity contribution in [2.45, 2.75) is 0 Å². The Bertz CT molecular complexity index is 930. The van der Waals surface area contributed by atoms with E-state index in [0.717, 1.165) is 12.1 Å². The second kappa shape index (κ2) is 7.92. The van der Waals surface area contributed by atoms with Crippen LogP contribution in [0.1, 0.15) is 0 Å². The SMILES string of the molecule is COc1ccccc1NCC(=O)Nc1nc(-c2ccc(F)c(F)c2)cs1. The van der Waals surface area contributed by atoms with Gasteiger partial charge in [0.15, 0.2) is 16.8 Å². The summed E-state index contributed by atoms with van der Waals surface area (Å²) in [7, 11) is 1.55. The van der Waals surface area contributed by atoms with E-state index < -0.39 is 11.6 Å². The lowest BCUT2D eigenvalue weighted by atomic mass is 10.2. The molecule has 134 valence electrons. The number of carbonyl (C=O) groups excluding carboxylic acids is 1. The zero-order valence-corrected chi connectivity index (χ0v) is 14.6. The van der Waals surface area contributed by atoms with Crippen LogP contribution in [0.3, 0.4) is 0 Å². The van der Waals surface area contributed by atoms with Crippen molar-refractivity contribution in [3.8, 4) is 17.0 Å². The number of para-hydroxylation sites is 2. The average Bonchev–Trinajstić information content (AvgIpc) is 3.11. The Balaban J connectivity index is 1.61. The lowest BCUT2D eigenvalue weighted by Crippen LogP contribution is -2.21. The molecule has 0 saturated heterocycles. The summed E-state index contributed by atoms with van der Waals surface area (Å²) in [5.74, 6) is -1.51. The number of amides is 1. The van der Waals surface area contributed by atoms with E-state index in [2.05, 4.69) is 15.6 Å². The lowest BCUT2D eigenvalue weighted by molar-refractivity contribution is -0.114. The maximum atomic E-state index is 13.3. The second-order valence-corrected chi connectivity index (χ2v) is 6.13. The number of nitrogens with one attached hydrogen (secondary N) is 2. The standard InChI is InChI=1S/C18H15F2N3O2S/c1-25-16-5-3-2-4-14(16)21-9-17(24)23-18-22-15(10-26-18)11-6-7-12(19)13(20)8-11/h2-8,10,21H,9H2,1H3,(H,22,23,24). The zero-order chi connectivity index (χ0) is 18.5. The summed E-state index contributed by atoms with van der Waals surface area (Å²) in [4.78, 5) is 16.3. The molecule has 1 heterocycles. The predicted molar refractivity (Wildman–Crippen MR) is 97.6 cm³/mol. The fraction of sp³-hybridized carbons (Fsp3) is 0.111. The molecule has 8 heteroatoms. The van der Waals surface area contributed by atoms with Crippen molar-refractivity contribution in [3.05, 3.63) is 59.5 Å². The minimum absolute atomic E-state index is 0.0282. The van der Waals surface area contributed by atoms with Gasteiger partial charge in [-0.25, -0.2) is 13.8 Å². The molecule has 2 N–H and O–H groups in total. The number of methoxy groups -OCH3 is 1. The van der Waals surface area contributed by atoms with Gasteiger partial charge in [0.25, 0.3) is 0 Å². The third-order valence-electron chi connectivity index (χ3n) is 3.51. The van der Waals surface area contributed by atoms with E-state index in [4.69, 9.17) is 4.74 Å². The van der Waals surface area contributed by atoms with E-state index in [-0.39, 0.29) is 12.5 Å². The molecule has 0 aliphatic rings. The van der Waals surface area contributed by atoms with Gasteiger partial charge < -0.3 is 15.4 Å². The summed E-state index contributed by atoms with van der Waals surface area (Å²) in [5.41, 5.74) is 1.60. The molecule has 3 rings (SSSR count). The molecule has 0 atom stereocenters. The van der Waals surface area contributed by atoms with Gasteiger partial charge in [-0.15, -0.1) is 11.3 Å². The van der Waals surface area contributed by atoms with Crippen molar-refractivity contribution in [1.82, 2.24) is 4.98 Å². The van der Waals surface area contributed by atoms with Crippen molar-refractivity contribution in [1.29, 1.82) is 0 Å². The number of thiazole rings is 1. The van der Waals surface area contributed by atoms with E-state index in [1.54, 1.807) is 24.6 Å². The number of aromatic nitrogens is 1. The Labute approximate surface area is 152 Å². The summed E-state index contributed by atoms with van der Waals surface area (Å²) in [5, 5.41) is 7.68. The molecule has 0 bridgehead atoms. The van der Waals surface area contributed by atoms with Gasteiger partial charge in [0.1, 0.15) is 5.75 Å². The van der Waals surface area contributed by atoms with Gasteiger partial charge in [-0.05, 0) is 30.3 Å². The minimum atomic E-state index is -0.943. The Morgan fingerprint density at radius 3 is 2.77 bits per heavy atom. The fourth-order valence-corrected chi connectivity index (χ4v) is 2.98. The van der Waals surface area contributed by atoms with Gasteiger partial charge in [0.2, 0.25) is 5.91 Å². The van der Waals surface area contributed by atoms with Crippen molar-refractivity contribution in [3.63, 3.8) is 0 Å². The first-order valence-corrected chi connectivity index (χ1v) is 8.52. The highest BCUT2D eigenvalue weighted by Crippen LogP contribution is 2.26. The molecule has 2 aromatic carbocycles. The first-order chi connectivity index (χ1) is 12.6. The van der Waals surface area contributed by atoms with E-state index in [1.165, 1.54) is 17.4 Å². The minimum Gasteiger partial charge on any atom is -0.495 e. The number of hydrogen-bond acceptors (Lipinski definition) is 5. The van der Waals surface area contributed by atoms with Gasteiger partial charge in [0, 0.05) is 10.9 Å². The number of nitrogens with zero attached hydrogens (tertiary/aromatic N) is 1. The molecule has 0 fully saturated rings. The molecular weight excluding hydrogens is 360 g/mol. The highest BCUT2D eigenvalue weighted by atomic mass is 32.1. The quantitative estimate of drug-likeness (QED) is 0.679. The number of hydrogen-bond donors (Lipinski definition) is 2. The number of ether oxygens (including phenoxy) is 1. The van der Waals surface area contributed by atoms with Crippen LogP contribution in [0.4, 0.5) is 19.6 Å². The molecule has 0 unspecified atom stereocenters. The highest BCUT2D eigenvalue weighted by Gasteiger charge is 2.11. The first-order valence-electron chi connectivity index (χ1n) is 7.64. The topological polar surface area (TPSA) is 63.2 Å². The molecule has 0 aliphatic heterocycles. The highest BCUT2D eigenvalue weighted by molar-refractivity contribution is 7.14. The Hall–Kier alpha value is -3.00. The van der Waals surface area contributed by atoms with Crippen molar-refractivity contribution in [2.24, 2.45) is 0 Å². The van der Waals surface area contributed by atoms with Crippen LogP contribution in [-0.4, -0.2) is 24.5 Å². The van der Waals surface area contributed by atoms with Crippen LogP contribution in [0.15, 0.2) is 47.8 Å². The van der Waals surface area contributed by atoms with Crippen LogP contribution in [0.2, 0.25) is 0 Å². The number of carbonyl (C=O) groups is 1. The van der Waals surface area contributed by atoms with Crippen molar-refractivity contribution < 1.29 is 18.3 Å². The lowest BCUT2D eigenvalue weighted by Gasteiger charge is -2.10. The maximum Gasteiger partial charge on any atom is 0.245 e. The summed E-state index contributed by atoms with van der Waals surface area (Å²) in [6.45, 7) is 0.0282. The second-order valence-electron chi connectivity index (χ2n) is 5.27. The van der Waals surface area contributed by atoms with Crippen molar-refractivity contribution >= 4 is 28.1 Å². The van der Waals surface area contributed by atoms with Gasteiger partial charge in [-0.1, -0.05) is 12.1 Å². The van der Waals surface area contributed by atoms with Crippen LogP contribution in [0.25, 0.3) is 11.3 Å². The maximum absolute atomic E-state index is 13.3. The van der Waals surface area contributed by atoms with Gasteiger partial charge in [0.05, 0.1) is 25.0 Å². The first kappa shape index (κ1) is 17.8. The molecule has 5 nitrogen and oxygen atoms in total. The number of anilines is 2. The van der Waals surface area contributed by atoms with Gasteiger partial charge >= 0.3 is 0 Å². The van der Waals surface area contributed by atoms with E-state index >= 15 is 0 Å². The summed E-state index contributed by atoms with van der Waals surface area (Å²) >= 11 is 1.20. The van der Waals surface area contributed by atoms with Gasteiger partial charge in [-0.3, -0.25) is 4.79 Å². The largest absolute Gasteiger partial charge is 0.495 e. The molecule has 0 radical (unpaired) electrons. The summed E-state index contributed by atoms with van der Waals surface area (Å²) in [6, 6.07) is 10.8. The number of halogens is 2. The third kappa shape index (κ3) is 4.15. The normalized spacial score (nSPS) is 10.4. The number of benzene rings is 2. The molecule has 3 aromatic rings. The van der Waals surface area contributed by atoms with Crippen LogP contribution < -0.4 is 15.4 Å². The van der Waals surface area contributed by atoms with Crippen LogP contribution >= 0.6 is 11.3 Å². The van der Waals surface area contributed by atoms with Crippen LogP contribution in [0.5, 0.6) is 5.75 Å². The molecule has 26 heavy (non-hydrogen) atoms. The molecule has 1 aromatic heterocycles. The van der Waals surface area contributed by atoms with E-state index in [0.29, 0.717) is 27.8 Å². The average molecular weight is 375 g/mol. The van der Waals surface area contributed by atoms with E-state index in [1.807, 2.05) is 12.1 Å². The fourth-order valence-electron chi connectivity index (χ4n) is 2.25. The van der Waals surface area contributed by atoms with E-state index in [9.17, 15) is 13.6 Å². The third-order valence-corrected chi connectivity index (χ3v) is 4.27. The Morgan fingerprint density at radius 2 is 2.00 bits per heavy atom. The smallest absolute Gasteiger partial charge is 0.245 e. The molecule has 1 amide bonds. The summed E-state index contributed by atoms with van der Waals surface area (Å²) in [6.07, 6.45) is 0. The molecular formula is C18H15F2N3O2S. The van der Waals surface area contributed by atoms with Crippen LogP contribution in [-0.2, 0) is 4.79 Å². The number of rotatable bonds is 6. The Morgan fingerprint density at radius 1 is 1.19 bits per heavy atom. The Kier molecular flexibility index (Phi) is 5.43. The molecule has 0 saturated carbocycles. The van der Waals surface area contributed by atoms with Crippen LogP contribution in [0, 0.1) is 11.6 Å².